The Labute approximate surface area is 102 Å². The second-order valence-electron chi connectivity index (χ2n) is 4.89. The van der Waals surface area contributed by atoms with Gasteiger partial charge in [-0.2, -0.15) is 4.80 Å². The molecule has 1 saturated heterocycles. The zero-order valence-electron chi connectivity index (χ0n) is 10.9. The Hall–Kier alpha value is -1.01. The molecular weight excluding hydrogens is 216 g/mol. The Morgan fingerprint density at radius 3 is 2.65 bits per heavy atom. The van der Waals surface area contributed by atoms with Gasteiger partial charge in [-0.15, -0.1) is 10.2 Å². The van der Waals surface area contributed by atoms with Crippen LogP contribution >= 0.6 is 0 Å². The summed E-state index contributed by atoms with van der Waals surface area (Å²) < 4.78 is 0. The van der Waals surface area contributed by atoms with Crippen LogP contribution in [0.3, 0.4) is 0 Å². The first-order valence-electron chi connectivity index (χ1n) is 6.31. The smallest absolute Gasteiger partial charge is 0.188 e. The molecule has 1 aromatic rings. The van der Waals surface area contributed by atoms with Gasteiger partial charge in [-0.3, -0.25) is 4.90 Å². The van der Waals surface area contributed by atoms with E-state index >= 15 is 0 Å². The molecule has 1 aliphatic rings. The average Bonchev–Trinajstić information content (AvgIpc) is 2.75. The SMILES string of the molecule is CNC(C)C1CCN(Cc2nnn(C)n2)CC1. The summed E-state index contributed by atoms with van der Waals surface area (Å²) in [6, 6.07) is 0.617. The van der Waals surface area contributed by atoms with E-state index in [9.17, 15) is 0 Å². The second kappa shape index (κ2) is 5.55. The van der Waals surface area contributed by atoms with E-state index in [0.717, 1.165) is 31.4 Å². The molecule has 0 spiro atoms. The minimum absolute atomic E-state index is 0.617. The Bertz CT molecular complexity index is 341. The van der Waals surface area contributed by atoms with Gasteiger partial charge < -0.3 is 5.32 Å². The van der Waals surface area contributed by atoms with Crippen LogP contribution in [0.15, 0.2) is 0 Å². The number of hydrogen-bond donors (Lipinski definition) is 1. The van der Waals surface area contributed by atoms with Crippen LogP contribution in [0.1, 0.15) is 25.6 Å². The topological polar surface area (TPSA) is 58.9 Å². The van der Waals surface area contributed by atoms with Crippen LogP contribution in [0.5, 0.6) is 0 Å². The number of hydrogen-bond acceptors (Lipinski definition) is 5. The predicted octanol–water partition coefficient (Wildman–Crippen LogP) is 0.0300. The zero-order valence-corrected chi connectivity index (χ0v) is 10.9. The van der Waals surface area contributed by atoms with E-state index in [1.807, 2.05) is 7.05 Å². The lowest BCUT2D eigenvalue weighted by molar-refractivity contribution is 0.156. The average molecular weight is 238 g/mol. The highest BCUT2D eigenvalue weighted by atomic mass is 15.6. The third kappa shape index (κ3) is 3.23. The first kappa shape index (κ1) is 12.4. The van der Waals surface area contributed by atoms with E-state index in [2.05, 4.69) is 32.6 Å². The van der Waals surface area contributed by atoms with Gasteiger partial charge in [0.1, 0.15) is 0 Å². The lowest BCUT2D eigenvalue weighted by Crippen LogP contribution is -2.40. The quantitative estimate of drug-likeness (QED) is 0.802. The molecule has 0 bridgehead atoms. The van der Waals surface area contributed by atoms with Crippen LogP contribution in [0.2, 0.25) is 0 Å². The van der Waals surface area contributed by atoms with Gasteiger partial charge in [-0.05, 0) is 51.0 Å². The largest absolute Gasteiger partial charge is 0.317 e. The summed E-state index contributed by atoms with van der Waals surface area (Å²) in [4.78, 5) is 3.93. The normalized spacial score (nSPS) is 20.6. The van der Waals surface area contributed by atoms with Crippen molar-refractivity contribution in [2.45, 2.75) is 32.4 Å². The van der Waals surface area contributed by atoms with Crippen molar-refractivity contribution in [2.24, 2.45) is 13.0 Å². The molecular formula is C11H22N6. The monoisotopic (exact) mass is 238 g/mol. The van der Waals surface area contributed by atoms with Crippen LogP contribution in [-0.4, -0.2) is 51.3 Å². The fraction of sp³-hybridized carbons (Fsp3) is 0.909. The molecule has 1 atom stereocenters. The molecule has 0 saturated carbocycles. The first-order valence-corrected chi connectivity index (χ1v) is 6.31. The molecule has 1 aromatic heterocycles. The number of nitrogens with zero attached hydrogens (tertiary/aromatic N) is 5. The Morgan fingerprint density at radius 2 is 2.12 bits per heavy atom. The van der Waals surface area contributed by atoms with Gasteiger partial charge in [0.15, 0.2) is 5.82 Å². The van der Waals surface area contributed by atoms with E-state index < -0.39 is 0 Å². The number of tetrazole rings is 1. The van der Waals surface area contributed by atoms with E-state index in [1.165, 1.54) is 17.6 Å². The van der Waals surface area contributed by atoms with Gasteiger partial charge in [-0.1, -0.05) is 0 Å². The first-order chi connectivity index (χ1) is 8.19. The third-order valence-corrected chi connectivity index (χ3v) is 3.71. The van der Waals surface area contributed by atoms with Crippen molar-refractivity contribution in [2.75, 3.05) is 20.1 Å². The lowest BCUT2D eigenvalue weighted by Gasteiger charge is -2.34. The molecule has 0 aromatic carbocycles. The van der Waals surface area contributed by atoms with Crippen molar-refractivity contribution in [3.63, 3.8) is 0 Å². The van der Waals surface area contributed by atoms with Crippen LogP contribution in [0.25, 0.3) is 0 Å². The highest BCUT2D eigenvalue weighted by Crippen LogP contribution is 2.21. The zero-order chi connectivity index (χ0) is 12.3. The molecule has 1 fully saturated rings. The maximum absolute atomic E-state index is 4.22. The molecule has 96 valence electrons. The summed E-state index contributed by atoms with van der Waals surface area (Å²) in [5.74, 6) is 1.62. The van der Waals surface area contributed by atoms with Gasteiger partial charge in [0, 0.05) is 6.04 Å². The number of aryl methyl sites for hydroxylation is 1. The molecule has 17 heavy (non-hydrogen) atoms. The van der Waals surface area contributed by atoms with Crippen molar-refractivity contribution in [3.05, 3.63) is 5.82 Å². The minimum atomic E-state index is 0.617. The van der Waals surface area contributed by atoms with Gasteiger partial charge in [0.05, 0.1) is 13.6 Å². The summed E-state index contributed by atoms with van der Waals surface area (Å²) in [7, 11) is 3.85. The lowest BCUT2D eigenvalue weighted by atomic mass is 9.90. The van der Waals surface area contributed by atoms with Gasteiger partial charge in [0.25, 0.3) is 0 Å². The summed E-state index contributed by atoms with van der Waals surface area (Å²) in [6.45, 7) is 5.36. The van der Waals surface area contributed by atoms with Crippen LogP contribution < -0.4 is 5.32 Å². The van der Waals surface area contributed by atoms with Gasteiger partial charge >= 0.3 is 0 Å². The molecule has 1 N–H and O–H groups in total. The standard InChI is InChI=1S/C11H22N6/c1-9(12-2)10-4-6-17(7-5-10)8-11-13-15-16(3)14-11/h9-10,12H,4-8H2,1-3H3. The van der Waals surface area contributed by atoms with E-state index in [4.69, 9.17) is 0 Å². The van der Waals surface area contributed by atoms with Crippen molar-refractivity contribution in [1.82, 2.24) is 30.4 Å². The Balaban J connectivity index is 1.79. The molecule has 1 aliphatic heterocycles. The summed E-state index contributed by atoms with van der Waals surface area (Å²) >= 11 is 0. The highest BCUT2D eigenvalue weighted by Gasteiger charge is 2.23. The van der Waals surface area contributed by atoms with E-state index in [-0.39, 0.29) is 0 Å². The maximum atomic E-state index is 4.22. The summed E-state index contributed by atoms with van der Waals surface area (Å²) in [5.41, 5.74) is 0. The molecule has 6 heteroatoms. The highest BCUT2D eigenvalue weighted by molar-refractivity contribution is 4.83. The predicted molar refractivity (Wildman–Crippen MR) is 65.3 cm³/mol. The second-order valence-corrected chi connectivity index (χ2v) is 4.89. The number of rotatable bonds is 4. The maximum Gasteiger partial charge on any atom is 0.188 e. The van der Waals surface area contributed by atoms with Crippen molar-refractivity contribution in [1.29, 1.82) is 0 Å². The fourth-order valence-electron chi connectivity index (χ4n) is 2.43. The molecule has 2 heterocycles. The third-order valence-electron chi connectivity index (χ3n) is 3.71. The number of likely N-dealkylation sites (tertiary alicyclic amines) is 1. The van der Waals surface area contributed by atoms with Gasteiger partial charge in [0.2, 0.25) is 0 Å². The number of nitrogens with one attached hydrogen (secondary N) is 1. The van der Waals surface area contributed by atoms with Crippen molar-refractivity contribution >= 4 is 0 Å². The fourth-order valence-corrected chi connectivity index (χ4v) is 2.43. The molecule has 0 aliphatic carbocycles. The molecule has 0 radical (unpaired) electrons. The van der Waals surface area contributed by atoms with Gasteiger partial charge in [-0.25, -0.2) is 0 Å². The number of aromatic nitrogens is 4. The van der Waals surface area contributed by atoms with E-state index in [0.29, 0.717) is 6.04 Å². The number of piperidine rings is 1. The Kier molecular flexibility index (Phi) is 4.06. The molecule has 6 nitrogen and oxygen atoms in total. The van der Waals surface area contributed by atoms with Crippen LogP contribution in [-0.2, 0) is 13.6 Å². The van der Waals surface area contributed by atoms with Crippen molar-refractivity contribution < 1.29 is 0 Å². The van der Waals surface area contributed by atoms with E-state index in [1.54, 1.807) is 7.05 Å². The summed E-state index contributed by atoms with van der Waals surface area (Å²) in [5, 5.41) is 15.4. The molecule has 1 unspecified atom stereocenters. The van der Waals surface area contributed by atoms with Crippen LogP contribution in [0.4, 0.5) is 0 Å². The molecule has 2 rings (SSSR count). The minimum Gasteiger partial charge on any atom is -0.317 e. The van der Waals surface area contributed by atoms with Crippen LogP contribution in [0, 0.1) is 5.92 Å². The molecule has 0 amide bonds. The Morgan fingerprint density at radius 1 is 1.41 bits per heavy atom. The summed E-state index contributed by atoms with van der Waals surface area (Å²) in [6.07, 6.45) is 2.50. The van der Waals surface area contributed by atoms with Crippen molar-refractivity contribution in [3.8, 4) is 0 Å².